The lowest BCUT2D eigenvalue weighted by molar-refractivity contribution is 0.564. The fourth-order valence-corrected chi connectivity index (χ4v) is 8.38. The first-order valence-electron chi connectivity index (χ1n) is 16.2. The number of hydrogen-bond acceptors (Lipinski definition) is 2. The molecule has 9 aromatic rings. The third-order valence-electron chi connectivity index (χ3n) is 10.3. The molecular weight excluding hydrogens is 564 g/mol. The summed E-state index contributed by atoms with van der Waals surface area (Å²) in [5.74, 6) is 0. The summed E-state index contributed by atoms with van der Waals surface area (Å²) in [4.78, 5) is 0. The Bertz CT molecular complexity index is 2910. The van der Waals surface area contributed by atoms with E-state index in [1.54, 1.807) is 0 Å². The van der Waals surface area contributed by atoms with Crippen molar-refractivity contribution in [1.82, 2.24) is 9.13 Å². The molecule has 4 heteroatoms. The first-order chi connectivity index (χ1) is 22.8. The van der Waals surface area contributed by atoms with Crippen molar-refractivity contribution in [2.45, 2.75) is 25.3 Å². The van der Waals surface area contributed by atoms with Gasteiger partial charge in [0.15, 0.2) is 0 Å². The van der Waals surface area contributed by atoms with Gasteiger partial charge in [-0.1, -0.05) is 66.7 Å². The number of nitrogens with zero attached hydrogens (tertiary/aromatic N) is 2. The normalized spacial score (nSPS) is 16.0. The van der Waals surface area contributed by atoms with Crippen LogP contribution in [0.15, 0.2) is 118 Å². The molecule has 4 nitrogen and oxygen atoms in total. The van der Waals surface area contributed by atoms with E-state index >= 15 is 0 Å². The minimum absolute atomic E-state index is 0.179. The van der Waals surface area contributed by atoms with Crippen LogP contribution in [0.2, 0.25) is 0 Å². The average Bonchev–Trinajstić information content (AvgIpc) is 3.85. The number of aromatic nitrogens is 2. The Morgan fingerprint density at radius 1 is 0.630 bits per heavy atom. The van der Waals surface area contributed by atoms with Crippen molar-refractivity contribution >= 4 is 83.8 Å². The molecule has 4 heterocycles. The highest BCUT2D eigenvalue weighted by Crippen LogP contribution is 2.44. The van der Waals surface area contributed by atoms with Gasteiger partial charge in [-0.25, -0.2) is 0 Å². The zero-order valence-electron chi connectivity index (χ0n) is 25.0. The second-order valence-corrected chi connectivity index (χ2v) is 12.7. The van der Waals surface area contributed by atoms with Crippen molar-refractivity contribution in [2.75, 3.05) is 0 Å². The number of rotatable bonds is 2. The predicted molar refractivity (Wildman–Crippen MR) is 189 cm³/mol. The van der Waals surface area contributed by atoms with Crippen molar-refractivity contribution in [2.24, 2.45) is 0 Å². The Kier molecular flexibility index (Phi) is 4.76. The van der Waals surface area contributed by atoms with E-state index in [0.29, 0.717) is 0 Å². The average molecular weight is 593 g/mol. The minimum Gasteiger partial charge on any atom is -0.456 e. The van der Waals surface area contributed by atoms with Crippen LogP contribution < -0.4 is 10.6 Å². The van der Waals surface area contributed by atoms with E-state index < -0.39 is 0 Å². The molecule has 218 valence electrons. The first kappa shape index (κ1) is 24.6. The molecule has 0 amide bonds. The molecule has 0 radical (unpaired) electrons. The summed E-state index contributed by atoms with van der Waals surface area (Å²) in [5, 5.41) is 8.67. The third-order valence-corrected chi connectivity index (χ3v) is 10.3. The predicted octanol–water partition coefficient (Wildman–Crippen LogP) is 9.55. The number of hydrogen-bond donors (Lipinski definition) is 0. The molecule has 0 aliphatic heterocycles. The molecule has 1 atom stereocenters. The van der Waals surface area contributed by atoms with E-state index in [2.05, 4.69) is 124 Å². The number of benzene rings is 5. The first-order valence-corrected chi connectivity index (χ1v) is 16.2. The van der Waals surface area contributed by atoms with E-state index in [1.165, 1.54) is 60.3 Å². The van der Waals surface area contributed by atoms with Crippen molar-refractivity contribution in [3.63, 3.8) is 0 Å². The Balaban J connectivity index is 1.21. The molecule has 0 N–H and O–H groups in total. The Morgan fingerprint density at radius 2 is 1.39 bits per heavy atom. The van der Waals surface area contributed by atoms with Gasteiger partial charge in [-0.2, -0.15) is 0 Å². The van der Waals surface area contributed by atoms with Crippen LogP contribution in [0, 0.1) is 0 Å². The number of furan rings is 2. The second-order valence-electron chi connectivity index (χ2n) is 12.7. The maximum absolute atomic E-state index is 6.23. The van der Waals surface area contributed by atoms with Crippen LogP contribution in [0.5, 0.6) is 0 Å². The highest BCUT2D eigenvalue weighted by molar-refractivity contribution is 6.23. The lowest BCUT2D eigenvalue weighted by Crippen LogP contribution is -2.26. The van der Waals surface area contributed by atoms with E-state index in [9.17, 15) is 0 Å². The molecule has 2 aliphatic rings. The van der Waals surface area contributed by atoms with Gasteiger partial charge in [0.05, 0.1) is 17.1 Å². The zero-order chi connectivity index (χ0) is 29.9. The van der Waals surface area contributed by atoms with E-state index in [0.717, 1.165) is 52.2 Å². The quantitative estimate of drug-likeness (QED) is 0.200. The molecule has 2 aliphatic carbocycles. The van der Waals surface area contributed by atoms with Gasteiger partial charge in [0.25, 0.3) is 0 Å². The Hall–Kier alpha value is -5.74. The number of fused-ring (bicyclic) bond motifs is 13. The van der Waals surface area contributed by atoms with Gasteiger partial charge in [-0.05, 0) is 79.9 Å². The van der Waals surface area contributed by atoms with E-state index in [4.69, 9.17) is 8.83 Å². The van der Waals surface area contributed by atoms with Gasteiger partial charge < -0.3 is 18.0 Å². The molecule has 1 unspecified atom stereocenters. The fourth-order valence-electron chi connectivity index (χ4n) is 8.38. The molecule has 46 heavy (non-hydrogen) atoms. The molecule has 4 aromatic heterocycles. The summed E-state index contributed by atoms with van der Waals surface area (Å²) < 4.78 is 17.5. The molecule has 0 spiro atoms. The number of allylic oxidation sites excluding steroid dienone is 1. The molecule has 0 bridgehead atoms. The lowest BCUT2D eigenvalue weighted by atomic mass is 9.99. The van der Waals surface area contributed by atoms with Crippen LogP contribution >= 0.6 is 0 Å². The molecule has 0 saturated carbocycles. The van der Waals surface area contributed by atoms with Crippen LogP contribution in [0.25, 0.3) is 89.5 Å². The summed E-state index contributed by atoms with van der Waals surface area (Å²) in [6, 6.07) is 37.2. The van der Waals surface area contributed by atoms with Crippen LogP contribution in [-0.4, -0.2) is 9.13 Å². The van der Waals surface area contributed by atoms with Crippen LogP contribution in [0.3, 0.4) is 0 Å². The fraction of sp³-hybridized carbons (Fsp3) is 0.0952. The standard InChI is InChI=1S/C42H28N2O2/c1-5-13-33-29(11-1)41-35(43(33)25-17-21-39-31(23-25)27-9-3-7-15-37(27)45-39)19-20-36-42(41)30-12-2-6-14-34(30)44(36)26-18-22-40-32(24-26)28-10-4-8-16-38(28)46-40/h1-5,7-13,15-16,18-25H,6,14,17H2. The smallest absolute Gasteiger partial charge is 0.135 e. The highest BCUT2D eigenvalue weighted by Gasteiger charge is 2.26. The maximum Gasteiger partial charge on any atom is 0.135 e. The van der Waals surface area contributed by atoms with Crippen molar-refractivity contribution in [1.29, 1.82) is 0 Å². The van der Waals surface area contributed by atoms with Gasteiger partial charge in [0.2, 0.25) is 0 Å². The highest BCUT2D eigenvalue weighted by atomic mass is 16.3. The molecular formula is C42H28N2O2. The Morgan fingerprint density at radius 3 is 2.30 bits per heavy atom. The monoisotopic (exact) mass is 592 g/mol. The van der Waals surface area contributed by atoms with Crippen LogP contribution in [0.1, 0.15) is 30.1 Å². The van der Waals surface area contributed by atoms with Crippen LogP contribution in [0.4, 0.5) is 0 Å². The molecule has 5 aromatic carbocycles. The zero-order valence-corrected chi connectivity index (χ0v) is 25.0. The molecule has 0 fully saturated rings. The van der Waals surface area contributed by atoms with Crippen molar-refractivity contribution in [3.05, 3.63) is 131 Å². The lowest BCUT2D eigenvalue weighted by Gasteiger charge is -2.18. The summed E-state index contributed by atoms with van der Waals surface area (Å²) in [6.07, 6.45) is 12.3. The van der Waals surface area contributed by atoms with E-state index in [1.807, 2.05) is 12.1 Å². The van der Waals surface area contributed by atoms with Gasteiger partial charge in [0.1, 0.15) is 22.2 Å². The van der Waals surface area contributed by atoms with Gasteiger partial charge in [-0.15, -0.1) is 0 Å². The van der Waals surface area contributed by atoms with Gasteiger partial charge in [0, 0.05) is 60.0 Å². The summed E-state index contributed by atoms with van der Waals surface area (Å²) in [7, 11) is 0. The maximum atomic E-state index is 6.23. The number of para-hydroxylation sites is 3. The summed E-state index contributed by atoms with van der Waals surface area (Å²) in [6.45, 7) is 0. The summed E-state index contributed by atoms with van der Waals surface area (Å²) in [5.41, 5.74) is 11.5. The van der Waals surface area contributed by atoms with Gasteiger partial charge >= 0.3 is 0 Å². The van der Waals surface area contributed by atoms with Crippen molar-refractivity contribution in [3.8, 4) is 5.69 Å². The minimum atomic E-state index is 0.179. The SMILES string of the molecule is C1=Cc2c(n(-c3ccc4oc5ccccc5c4c3)c3ccc4c(c5ccccc5n4C4C=c5c(oc6ccccc56)=CC4)c23)CC1. The van der Waals surface area contributed by atoms with Crippen molar-refractivity contribution < 1.29 is 8.83 Å². The third kappa shape index (κ3) is 3.18. The van der Waals surface area contributed by atoms with Gasteiger partial charge in [-0.3, -0.25) is 0 Å². The second kappa shape index (κ2) is 8.92. The van der Waals surface area contributed by atoms with Crippen LogP contribution in [-0.2, 0) is 6.42 Å². The Labute approximate surface area is 263 Å². The topological polar surface area (TPSA) is 36.1 Å². The summed E-state index contributed by atoms with van der Waals surface area (Å²) >= 11 is 0. The molecule has 0 saturated heterocycles. The van der Waals surface area contributed by atoms with E-state index in [-0.39, 0.29) is 6.04 Å². The largest absolute Gasteiger partial charge is 0.456 e. The molecule has 11 rings (SSSR count).